The number of aryl methyl sites for hydroxylation is 2. The average molecular weight is 590 g/mol. The van der Waals surface area contributed by atoms with E-state index >= 15 is 0 Å². The van der Waals surface area contributed by atoms with E-state index in [0.717, 1.165) is 0 Å². The Morgan fingerprint density at radius 2 is 1.39 bits per heavy atom. The van der Waals surface area contributed by atoms with Crippen molar-refractivity contribution in [1.29, 1.82) is 0 Å². The molecular formula is C29H35HfSi-3. The van der Waals surface area contributed by atoms with Crippen LogP contribution in [0.2, 0.25) is 13.1 Å². The minimum Gasteiger partial charge on any atom is -0.358 e. The van der Waals surface area contributed by atoms with E-state index in [2.05, 4.69) is 81.5 Å². The first-order chi connectivity index (χ1) is 13.6. The molecule has 0 spiro atoms. The molecule has 1 atom stereocenters. The van der Waals surface area contributed by atoms with E-state index in [-0.39, 0.29) is 49.1 Å². The van der Waals surface area contributed by atoms with E-state index in [1.54, 1.807) is 16.7 Å². The van der Waals surface area contributed by atoms with Crippen molar-refractivity contribution in [2.75, 3.05) is 0 Å². The molecular weight excluding hydrogens is 555 g/mol. The van der Waals surface area contributed by atoms with Gasteiger partial charge in [-0.15, -0.1) is 0 Å². The molecule has 0 nitrogen and oxygen atoms in total. The molecule has 162 valence electrons. The molecule has 2 aliphatic carbocycles. The van der Waals surface area contributed by atoms with Crippen LogP contribution in [0.15, 0.2) is 54.6 Å². The normalized spacial score (nSPS) is 16.6. The summed E-state index contributed by atoms with van der Waals surface area (Å²) in [5.41, 5.74) is 12.3. The van der Waals surface area contributed by atoms with Crippen LogP contribution in [0.3, 0.4) is 0 Å². The second-order valence-electron chi connectivity index (χ2n) is 8.89. The Labute approximate surface area is 210 Å². The van der Waals surface area contributed by atoms with Crippen LogP contribution in [0, 0.1) is 21.8 Å². The maximum atomic E-state index is 2.52. The van der Waals surface area contributed by atoms with Gasteiger partial charge in [-0.25, -0.2) is 0 Å². The van der Waals surface area contributed by atoms with Crippen LogP contribution in [-0.4, -0.2) is 13.6 Å². The molecule has 0 aliphatic heterocycles. The van der Waals surface area contributed by atoms with Gasteiger partial charge >= 0.3 is 0 Å². The quantitative estimate of drug-likeness (QED) is 0.121. The van der Waals surface area contributed by atoms with Crippen molar-refractivity contribution in [3.63, 3.8) is 0 Å². The standard InChI is InChI=1S/C27H29Si.2CH3.Hf/c1-17-16-19-10-9-15-24(28(3)4)18(2)26(19)25(17)27-22-13-7-5-11-20(22)21-12-6-8-14-23(21)27;;;/h5-8,11-14,16,18,27H,9-10,15H2,1-4H3;2*1H3;/q3*-1;. The molecule has 0 saturated carbocycles. The topological polar surface area (TPSA) is 0 Å². The predicted octanol–water partition coefficient (Wildman–Crippen LogP) is 7.72. The first-order valence-corrected chi connectivity index (χ1v) is 13.2. The van der Waals surface area contributed by atoms with Crippen molar-refractivity contribution in [1.82, 2.24) is 0 Å². The van der Waals surface area contributed by atoms with Crippen molar-refractivity contribution in [3.8, 4) is 11.1 Å². The number of fused-ring (bicyclic) bond motifs is 4. The third kappa shape index (κ3) is 4.11. The maximum absolute atomic E-state index is 2.52. The molecule has 0 heterocycles. The Balaban J connectivity index is 0.00000114. The minimum absolute atomic E-state index is 0. The zero-order chi connectivity index (χ0) is 19.4. The van der Waals surface area contributed by atoms with Crippen molar-refractivity contribution >= 4 is 13.6 Å². The molecule has 0 aromatic heterocycles. The summed E-state index contributed by atoms with van der Waals surface area (Å²) in [6.07, 6.45) is 3.89. The molecule has 5 rings (SSSR count). The smallest absolute Gasteiger partial charge is 0.00161 e. The van der Waals surface area contributed by atoms with Gasteiger partial charge in [0.1, 0.15) is 0 Å². The molecule has 3 aromatic rings. The van der Waals surface area contributed by atoms with Gasteiger partial charge in [0.25, 0.3) is 0 Å². The van der Waals surface area contributed by atoms with Gasteiger partial charge in [-0.1, -0.05) is 93.0 Å². The monoisotopic (exact) mass is 591 g/mol. The zero-order valence-electron chi connectivity index (χ0n) is 20.0. The maximum Gasteiger partial charge on any atom is 0.00161 e. The zero-order valence-corrected chi connectivity index (χ0v) is 24.6. The summed E-state index contributed by atoms with van der Waals surface area (Å²) in [6, 6.07) is 20.7. The van der Waals surface area contributed by atoms with Crippen molar-refractivity contribution < 1.29 is 25.8 Å². The summed E-state index contributed by atoms with van der Waals surface area (Å²) < 4.78 is 0. The largest absolute Gasteiger partial charge is 0.358 e. The average Bonchev–Trinajstić information content (AvgIpc) is 3.13. The van der Waals surface area contributed by atoms with Crippen LogP contribution in [0.5, 0.6) is 0 Å². The fraction of sp³-hybridized carbons (Fsp3) is 0.310. The van der Waals surface area contributed by atoms with E-state index in [0.29, 0.717) is 11.8 Å². The molecule has 0 fully saturated rings. The summed E-state index contributed by atoms with van der Waals surface area (Å²) in [5, 5.41) is 1.84. The number of rotatable bonds is 1. The van der Waals surface area contributed by atoms with Crippen LogP contribution < -0.4 is 0 Å². The van der Waals surface area contributed by atoms with E-state index in [1.807, 2.05) is 5.17 Å². The second kappa shape index (κ2) is 10.1. The molecule has 2 aliphatic rings. The van der Waals surface area contributed by atoms with E-state index in [4.69, 9.17) is 0 Å². The second-order valence-corrected chi connectivity index (χ2v) is 11.5. The summed E-state index contributed by atoms with van der Waals surface area (Å²) in [6.45, 7) is 9.81. The van der Waals surface area contributed by atoms with E-state index in [1.165, 1.54) is 47.1 Å². The van der Waals surface area contributed by atoms with Crippen LogP contribution in [0.25, 0.3) is 11.1 Å². The first-order valence-electron chi connectivity index (χ1n) is 10.7. The first kappa shape index (κ1) is 26.0. The van der Waals surface area contributed by atoms with Gasteiger partial charge < -0.3 is 14.9 Å². The molecule has 0 amide bonds. The summed E-state index contributed by atoms with van der Waals surface area (Å²) in [5.74, 6) is 0.993. The Kier molecular flexibility index (Phi) is 8.50. The van der Waals surface area contributed by atoms with Crippen LogP contribution >= 0.6 is 0 Å². The number of hydrogen-bond acceptors (Lipinski definition) is 0. The molecule has 3 aromatic carbocycles. The molecule has 0 saturated heterocycles. The van der Waals surface area contributed by atoms with Crippen LogP contribution in [-0.2, 0) is 32.3 Å². The van der Waals surface area contributed by atoms with E-state index in [9.17, 15) is 0 Å². The summed E-state index contributed by atoms with van der Waals surface area (Å²) in [7, 11) is -0.382. The Morgan fingerprint density at radius 1 is 0.839 bits per heavy atom. The Hall–Kier alpha value is -1.25. The third-order valence-electron chi connectivity index (χ3n) is 7.06. The van der Waals surface area contributed by atoms with Gasteiger partial charge in [0.2, 0.25) is 0 Å². The van der Waals surface area contributed by atoms with E-state index < -0.39 is 0 Å². The third-order valence-corrected chi connectivity index (χ3v) is 9.03. The molecule has 2 heteroatoms. The Morgan fingerprint density at radius 3 is 1.94 bits per heavy atom. The number of benzene rings is 2. The fourth-order valence-corrected chi connectivity index (χ4v) is 7.60. The fourth-order valence-electron chi connectivity index (χ4n) is 5.91. The van der Waals surface area contributed by atoms with Crippen LogP contribution in [0.1, 0.15) is 65.0 Å². The summed E-state index contributed by atoms with van der Waals surface area (Å²) in [4.78, 5) is 0. The van der Waals surface area contributed by atoms with Crippen molar-refractivity contribution in [2.24, 2.45) is 0 Å². The SMILES string of the molecule is Cc1[cH-]c2c(c1C1c3ccccc3-c3ccccc31)C(C)C(=[Si](C)C)CCC2.[CH3-].[CH3-].[Hf]. The predicted molar refractivity (Wildman–Crippen MR) is 136 cm³/mol. The molecule has 0 bridgehead atoms. The van der Waals surface area contributed by atoms with Gasteiger partial charge in [-0.05, 0) is 41.0 Å². The minimum atomic E-state index is -0.382. The molecule has 31 heavy (non-hydrogen) atoms. The van der Waals surface area contributed by atoms with Gasteiger partial charge in [-0.3, -0.25) is 0 Å². The summed E-state index contributed by atoms with van der Waals surface area (Å²) >= 11 is 0. The molecule has 0 radical (unpaired) electrons. The van der Waals surface area contributed by atoms with Crippen molar-refractivity contribution in [3.05, 3.63) is 103 Å². The molecule has 1 unspecified atom stereocenters. The van der Waals surface area contributed by atoms with Crippen molar-refractivity contribution in [2.45, 2.75) is 58.0 Å². The van der Waals surface area contributed by atoms with Gasteiger partial charge in [-0.2, -0.15) is 28.3 Å². The van der Waals surface area contributed by atoms with Crippen LogP contribution in [0.4, 0.5) is 0 Å². The van der Waals surface area contributed by atoms with Gasteiger partial charge in [0.15, 0.2) is 0 Å². The Bertz CT molecular complexity index is 1050. The van der Waals surface area contributed by atoms with Gasteiger partial charge in [0.05, 0.1) is 0 Å². The van der Waals surface area contributed by atoms with Gasteiger partial charge in [0, 0.05) is 34.3 Å². The number of hydrogen-bond donors (Lipinski definition) is 0. The molecule has 0 N–H and O–H groups in total.